The molecule has 1 aliphatic rings. The van der Waals surface area contributed by atoms with Crippen molar-refractivity contribution in [3.63, 3.8) is 0 Å². The van der Waals surface area contributed by atoms with Gasteiger partial charge < -0.3 is 9.84 Å². The van der Waals surface area contributed by atoms with E-state index < -0.39 is 0 Å². The summed E-state index contributed by atoms with van der Waals surface area (Å²) in [6.07, 6.45) is 11.1. The molecule has 0 saturated heterocycles. The van der Waals surface area contributed by atoms with Gasteiger partial charge in [0.1, 0.15) is 17.1 Å². The SMILES string of the molecule is CC(C)=CC=C[C@]1(C)CCc2c(O)cc(C)c(CC=C(C)C)c2O1. The van der Waals surface area contributed by atoms with E-state index >= 15 is 0 Å². The Morgan fingerprint density at radius 1 is 1.25 bits per heavy atom. The van der Waals surface area contributed by atoms with Crippen molar-refractivity contribution < 1.29 is 9.84 Å². The fraction of sp³-hybridized carbons (Fsp3) is 0.455. The molecule has 0 radical (unpaired) electrons. The molecule has 0 aliphatic carbocycles. The van der Waals surface area contributed by atoms with Crippen LogP contribution in [0, 0.1) is 6.92 Å². The first kappa shape index (κ1) is 18.4. The van der Waals surface area contributed by atoms with Gasteiger partial charge in [-0.15, -0.1) is 0 Å². The highest BCUT2D eigenvalue weighted by Gasteiger charge is 2.32. The van der Waals surface area contributed by atoms with Crippen LogP contribution in [0.15, 0.2) is 41.5 Å². The summed E-state index contributed by atoms with van der Waals surface area (Å²) in [6, 6.07) is 1.87. The third-order valence-corrected chi connectivity index (χ3v) is 4.49. The average molecular weight is 326 g/mol. The van der Waals surface area contributed by atoms with Crippen LogP contribution < -0.4 is 4.74 Å². The van der Waals surface area contributed by atoms with Crippen molar-refractivity contribution in [1.82, 2.24) is 0 Å². The molecule has 24 heavy (non-hydrogen) atoms. The van der Waals surface area contributed by atoms with Crippen LogP contribution in [0.5, 0.6) is 11.5 Å². The van der Waals surface area contributed by atoms with E-state index in [-0.39, 0.29) is 5.60 Å². The van der Waals surface area contributed by atoms with Crippen molar-refractivity contribution in [2.75, 3.05) is 0 Å². The number of ether oxygens (including phenoxy) is 1. The highest BCUT2D eigenvalue weighted by molar-refractivity contribution is 5.55. The van der Waals surface area contributed by atoms with Gasteiger partial charge in [-0.3, -0.25) is 0 Å². The van der Waals surface area contributed by atoms with Gasteiger partial charge in [0.25, 0.3) is 0 Å². The van der Waals surface area contributed by atoms with Crippen LogP contribution in [-0.2, 0) is 12.8 Å². The summed E-state index contributed by atoms with van der Waals surface area (Å²) in [6.45, 7) is 12.5. The Morgan fingerprint density at radius 3 is 2.58 bits per heavy atom. The number of aryl methyl sites for hydroxylation is 1. The molecular formula is C22H30O2. The van der Waals surface area contributed by atoms with Crippen LogP contribution in [0.4, 0.5) is 0 Å². The molecule has 1 N–H and O–H groups in total. The minimum Gasteiger partial charge on any atom is -0.508 e. The van der Waals surface area contributed by atoms with Crippen molar-refractivity contribution in [3.8, 4) is 11.5 Å². The van der Waals surface area contributed by atoms with E-state index in [1.807, 2.05) is 13.0 Å². The minimum atomic E-state index is -0.334. The van der Waals surface area contributed by atoms with Crippen LogP contribution in [-0.4, -0.2) is 10.7 Å². The predicted molar refractivity (Wildman–Crippen MR) is 102 cm³/mol. The maximum Gasteiger partial charge on any atom is 0.131 e. The minimum absolute atomic E-state index is 0.334. The molecule has 1 aliphatic heterocycles. The van der Waals surface area contributed by atoms with Crippen molar-refractivity contribution in [2.45, 2.75) is 66.4 Å². The van der Waals surface area contributed by atoms with Gasteiger partial charge in [-0.2, -0.15) is 0 Å². The van der Waals surface area contributed by atoms with Gasteiger partial charge in [0.05, 0.1) is 0 Å². The zero-order valence-corrected chi connectivity index (χ0v) is 15.9. The molecule has 1 aromatic rings. The topological polar surface area (TPSA) is 29.5 Å². The third kappa shape index (κ3) is 4.31. The molecule has 0 saturated carbocycles. The second-order valence-corrected chi connectivity index (χ2v) is 7.50. The van der Waals surface area contributed by atoms with E-state index in [1.54, 1.807) is 0 Å². The van der Waals surface area contributed by atoms with Gasteiger partial charge in [0.15, 0.2) is 0 Å². The fourth-order valence-electron chi connectivity index (χ4n) is 3.00. The Hall–Kier alpha value is -1.96. The molecule has 2 nitrogen and oxygen atoms in total. The van der Waals surface area contributed by atoms with Crippen molar-refractivity contribution >= 4 is 0 Å². The molecule has 0 fully saturated rings. The zero-order valence-electron chi connectivity index (χ0n) is 15.9. The van der Waals surface area contributed by atoms with Crippen LogP contribution in [0.1, 0.15) is 57.7 Å². The number of phenolic OH excluding ortho intramolecular Hbond substituents is 1. The summed E-state index contributed by atoms with van der Waals surface area (Å²) in [5.41, 5.74) is 5.44. The molecule has 1 heterocycles. The number of aromatic hydroxyl groups is 1. The van der Waals surface area contributed by atoms with Crippen molar-refractivity contribution in [2.24, 2.45) is 0 Å². The number of hydrogen-bond acceptors (Lipinski definition) is 2. The fourth-order valence-corrected chi connectivity index (χ4v) is 3.00. The smallest absolute Gasteiger partial charge is 0.131 e. The predicted octanol–water partition coefficient (Wildman–Crippen LogP) is 5.82. The van der Waals surface area contributed by atoms with E-state index in [1.165, 1.54) is 16.7 Å². The molecule has 1 atom stereocenters. The van der Waals surface area contributed by atoms with Gasteiger partial charge in [0, 0.05) is 11.1 Å². The number of hydrogen-bond donors (Lipinski definition) is 1. The molecule has 0 unspecified atom stereocenters. The van der Waals surface area contributed by atoms with Gasteiger partial charge in [0.2, 0.25) is 0 Å². The lowest BCUT2D eigenvalue weighted by Gasteiger charge is -2.35. The summed E-state index contributed by atoms with van der Waals surface area (Å²) < 4.78 is 6.42. The quantitative estimate of drug-likeness (QED) is 0.558. The first-order valence-corrected chi connectivity index (χ1v) is 8.71. The van der Waals surface area contributed by atoms with Crippen molar-refractivity contribution in [1.29, 1.82) is 0 Å². The third-order valence-electron chi connectivity index (χ3n) is 4.49. The lowest BCUT2D eigenvalue weighted by molar-refractivity contribution is 0.112. The number of phenols is 1. The Morgan fingerprint density at radius 2 is 1.96 bits per heavy atom. The number of rotatable bonds is 4. The lowest BCUT2D eigenvalue weighted by Crippen LogP contribution is -2.34. The first-order chi connectivity index (χ1) is 11.2. The van der Waals surface area contributed by atoms with E-state index in [4.69, 9.17) is 4.74 Å². The van der Waals surface area contributed by atoms with Crippen LogP contribution in [0.25, 0.3) is 0 Å². The van der Waals surface area contributed by atoms with E-state index in [0.717, 1.165) is 36.1 Å². The number of benzene rings is 1. The number of allylic oxidation sites excluding steroid dienone is 5. The monoisotopic (exact) mass is 326 g/mol. The maximum absolute atomic E-state index is 10.3. The largest absolute Gasteiger partial charge is 0.508 e. The highest BCUT2D eigenvalue weighted by atomic mass is 16.5. The highest BCUT2D eigenvalue weighted by Crippen LogP contribution is 2.43. The second-order valence-electron chi connectivity index (χ2n) is 7.50. The number of fused-ring (bicyclic) bond motifs is 1. The maximum atomic E-state index is 10.3. The standard InChI is InChI=1S/C22H30O2/c1-15(2)8-7-12-22(6)13-11-19-20(23)14-17(5)18(21(19)24-22)10-9-16(3)4/h7-9,12,14,23H,10-11,13H2,1-6H3/t22-/m1/s1. The summed E-state index contributed by atoms with van der Waals surface area (Å²) in [7, 11) is 0. The van der Waals surface area contributed by atoms with Gasteiger partial charge in [-0.1, -0.05) is 29.4 Å². The molecule has 0 amide bonds. The van der Waals surface area contributed by atoms with E-state index in [0.29, 0.717) is 5.75 Å². The summed E-state index contributed by atoms with van der Waals surface area (Å²) in [5.74, 6) is 1.24. The molecule has 0 bridgehead atoms. The molecule has 0 spiro atoms. The van der Waals surface area contributed by atoms with E-state index in [2.05, 4.69) is 58.9 Å². The van der Waals surface area contributed by atoms with Crippen LogP contribution in [0.2, 0.25) is 0 Å². The molecule has 1 aromatic carbocycles. The zero-order chi connectivity index (χ0) is 17.9. The molecule has 130 valence electrons. The first-order valence-electron chi connectivity index (χ1n) is 8.71. The Kier molecular flexibility index (Phi) is 5.58. The summed E-state index contributed by atoms with van der Waals surface area (Å²) in [4.78, 5) is 0. The summed E-state index contributed by atoms with van der Waals surface area (Å²) >= 11 is 0. The van der Waals surface area contributed by atoms with Crippen molar-refractivity contribution in [3.05, 3.63) is 58.2 Å². The lowest BCUT2D eigenvalue weighted by atomic mass is 9.88. The van der Waals surface area contributed by atoms with E-state index in [9.17, 15) is 5.11 Å². The van der Waals surface area contributed by atoms with Gasteiger partial charge >= 0.3 is 0 Å². The van der Waals surface area contributed by atoms with Crippen LogP contribution in [0.3, 0.4) is 0 Å². The normalized spacial score (nSPS) is 19.6. The van der Waals surface area contributed by atoms with Gasteiger partial charge in [-0.25, -0.2) is 0 Å². The van der Waals surface area contributed by atoms with Crippen LogP contribution >= 0.6 is 0 Å². The average Bonchev–Trinajstić information content (AvgIpc) is 2.45. The summed E-state index contributed by atoms with van der Waals surface area (Å²) in [5, 5.41) is 10.3. The molecular weight excluding hydrogens is 296 g/mol. The van der Waals surface area contributed by atoms with Gasteiger partial charge in [-0.05, 0) is 78.5 Å². The molecule has 0 aromatic heterocycles. The molecule has 2 rings (SSSR count). The Bertz CT molecular complexity index is 699. The second kappa shape index (κ2) is 7.29. The molecule has 2 heteroatoms. The Labute approximate surface area is 146 Å². The Balaban J connectivity index is 2.42.